The highest BCUT2D eigenvalue weighted by Gasteiger charge is 2.39. The number of nitrogens with one attached hydrogen (secondary N) is 1. The van der Waals surface area contributed by atoms with Crippen molar-refractivity contribution in [1.82, 2.24) is 0 Å². The van der Waals surface area contributed by atoms with Crippen LogP contribution in [0.4, 0.5) is 21.9 Å². The summed E-state index contributed by atoms with van der Waals surface area (Å²) < 4.78 is 5.27. The molecule has 198 valence electrons. The van der Waals surface area contributed by atoms with E-state index in [1.54, 1.807) is 31.4 Å². The molecule has 6 heteroatoms. The number of anilines is 3. The number of urea groups is 1. The van der Waals surface area contributed by atoms with E-state index in [1.165, 1.54) is 0 Å². The van der Waals surface area contributed by atoms with Crippen LogP contribution in [0.5, 0.6) is 5.75 Å². The lowest BCUT2D eigenvalue weighted by molar-refractivity contribution is 0.0973. The van der Waals surface area contributed by atoms with Crippen molar-refractivity contribution in [2.75, 3.05) is 22.2 Å². The SMILES string of the molecule is COc1ccc(C(=O)N2c3ccc(C)cc3C(N(C(=O)Nc3ccccc3)c3ccc(C)cc3)CC2C)cc1. The number of aryl methyl sites for hydroxylation is 2. The summed E-state index contributed by atoms with van der Waals surface area (Å²) in [5.41, 5.74) is 6.06. The molecule has 0 saturated carbocycles. The first kappa shape index (κ1) is 26.0. The van der Waals surface area contributed by atoms with Gasteiger partial charge in [0.15, 0.2) is 0 Å². The van der Waals surface area contributed by atoms with Crippen molar-refractivity contribution in [2.24, 2.45) is 0 Å². The molecule has 0 spiro atoms. The number of nitrogens with zero attached hydrogens (tertiary/aromatic N) is 2. The minimum Gasteiger partial charge on any atom is -0.497 e. The van der Waals surface area contributed by atoms with E-state index >= 15 is 0 Å². The van der Waals surface area contributed by atoms with Gasteiger partial charge in [-0.15, -0.1) is 0 Å². The number of methoxy groups -OCH3 is 1. The lowest BCUT2D eigenvalue weighted by atomic mass is 9.88. The van der Waals surface area contributed by atoms with E-state index in [-0.39, 0.29) is 24.0 Å². The summed E-state index contributed by atoms with van der Waals surface area (Å²) in [6.45, 7) is 6.10. The predicted molar refractivity (Wildman–Crippen MR) is 157 cm³/mol. The fourth-order valence-corrected chi connectivity index (χ4v) is 5.23. The van der Waals surface area contributed by atoms with Crippen LogP contribution in [-0.4, -0.2) is 25.1 Å². The molecular weight excluding hydrogens is 486 g/mol. The van der Waals surface area contributed by atoms with Crippen LogP contribution in [-0.2, 0) is 0 Å². The van der Waals surface area contributed by atoms with Gasteiger partial charge in [-0.1, -0.05) is 53.6 Å². The van der Waals surface area contributed by atoms with Gasteiger partial charge in [-0.05, 0) is 87.4 Å². The Hall–Kier alpha value is -4.58. The Kier molecular flexibility index (Phi) is 7.37. The zero-order valence-corrected chi connectivity index (χ0v) is 22.7. The lowest BCUT2D eigenvalue weighted by Crippen LogP contribution is -2.48. The molecule has 4 aromatic carbocycles. The minimum absolute atomic E-state index is 0.0793. The number of rotatable bonds is 5. The maximum absolute atomic E-state index is 13.9. The van der Waals surface area contributed by atoms with Crippen LogP contribution in [0.1, 0.15) is 46.4 Å². The molecule has 0 aliphatic carbocycles. The third-order valence-electron chi connectivity index (χ3n) is 7.23. The Morgan fingerprint density at radius 3 is 2.21 bits per heavy atom. The number of benzene rings is 4. The molecular formula is C33H33N3O3. The van der Waals surface area contributed by atoms with Gasteiger partial charge in [0, 0.05) is 28.7 Å². The molecule has 0 radical (unpaired) electrons. The van der Waals surface area contributed by atoms with E-state index in [9.17, 15) is 9.59 Å². The maximum Gasteiger partial charge on any atom is 0.326 e. The fraction of sp³-hybridized carbons (Fsp3) is 0.212. The van der Waals surface area contributed by atoms with Gasteiger partial charge in [-0.3, -0.25) is 9.69 Å². The van der Waals surface area contributed by atoms with Gasteiger partial charge in [0.25, 0.3) is 5.91 Å². The first-order valence-corrected chi connectivity index (χ1v) is 13.2. The second kappa shape index (κ2) is 11.0. The summed E-state index contributed by atoms with van der Waals surface area (Å²) in [6, 6.07) is 30.1. The predicted octanol–water partition coefficient (Wildman–Crippen LogP) is 7.53. The van der Waals surface area contributed by atoms with E-state index in [0.29, 0.717) is 17.7 Å². The van der Waals surface area contributed by atoms with E-state index in [1.807, 2.05) is 97.3 Å². The average Bonchev–Trinajstić information content (AvgIpc) is 2.95. The summed E-state index contributed by atoms with van der Waals surface area (Å²) >= 11 is 0. The van der Waals surface area contributed by atoms with Crippen molar-refractivity contribution in [3.63, 3.8) is 0 Å². The molecule has 5 rings (SSSR count). The molecule has 1 aliphatic heterocycles. The van der Waals surface area contributed by atoms with Crippen molar-refractivity contribution >= 4 is 29.0 Å². The van der Waals surface area contributed by atoms with Crippen LogP contribution in [0.25, 0.3) is 0 Å². The zero-order valence-electron chi connectivity index (χ0n) is 22.7. The highest BCUT2D eigenvalue weighted by molar-refractivity contribution is 6.08. The van der Waals surface area contributed by atoms with Crippen molar-refractivity contribution < 1.29 is 14.3 Å². The lowest BCUT2D eigenvalue weighted by Gasteiger charge is -2.43. The molecule has 39 heavy (non-hydrogen) atoms. The maximum atomic E-state index is 13.9. The highest BCUT2D eigenvalue weighted by Crippen LogP contribution is 2.43. The number of hydrogen-bond acceptors (Lipinski definition) is 3. The Bertz CT molecular complexity index is 1470. The molecule has 1 N–H and O–H groups in total. The summed E-state index contributed by atoms with van der Waals surface area (Å²) in [5.74, 6) is 0.622. The number of fused-ring (bicyclic) bond motifs is 1. The molecule has 6 nitrogen and oxygen atoms in total. The molecule has 0 fully saturated rings. The number of hydrogen-bond donors (Lipinski definition) is 1. The summed E-state index contributed by atoms with van der Waals surface area (Å²) in [5, 5.41) is 3.08. The van der Waals surface area contributed by atoms with E-state index in [2.05, 4.69) is 11.4 Å². The van der Waals surface area contributed by atoms with Gasteiger partial charge in [-0.2, -0.15) is 0 Å². The van der Waals surface area contributed by atoms with Crippen LogP contribution < -0.4 is 19.9 Å². The van der Waals surface area contributed by atoms with Crippen LogP contribution >= 0.6 is 0 Å². The summed E-state index contributed by atoms with van der Waals surface area (Å²) in [4.78, 5) is 31.4. The van der Waals surface area contributed by atoms with Gasteiger partial charge in [0.1, 0.15) is 5.75 Å². The Labute approximate surface area is 229 Å². The topological polar surface area (TPSA) is 61.9 Å². The normalized spacial score (nSPS) is 16.3. The van der Waals surface area contributed by atoms with Crippen molar-refractivity contribution in [3.05, 3.63) is 119 Å². The first-order valence-electron chi connectivity index (χ1n) is 13.2. The van der Waals surface area contributed by atoms with E-state index < -0.39 is 0 Å². The molecule has 0 saturated heterocycles. The van der Waals surface area contributed by atoms with E-state index in [0.717, 1.165) is 33.8 Å². The third-order valence-corrected chi connectivity index (χ3v) is 7.23. The number of amides is 3. The first-order chi connectivity index (χ1) is 18.9. The molecule has 4 aromatic rings. The summed E-state index contributed by atoms with van der Waals surface area (Å²) in [7, 11) is 1.61. The van der Waals surface area contributed by atoms with Gasteiger partial charge < -0.3 is 15.0 Å². The fourth-order valence-electron chi connectivity index (χ4n) is 5.23. The molecule has 2 atom stereocenters. The zero-order chi connectivity index (χ0) is 27.5. The number of para-hydroxylation sites is 1. The average molecular weight is 520 g/mol. The van der Waals surface area contributed by atoms with Gasteiger partial charge in [0.2, 0.25) is 0 Å². The number of carbonyl (C=O) groups excluding carboxylic acids is 2. The molecule has 1 heterocycles. The monoisotopic (exact) mass is 519 g/mol. The van der Waals surface area contributed by atoms with Crippen LogP contribution in [0.15, 0.2) is 97.1 Å². The standard InChI is InChI=1S/C33H33N3O3/c1-22-10-15-27(16-11-22)36(33(38)34-26-8-6-5-7-9-26)31-21-24(3)35(30-19-12-23(2)20-29(30)31)32(37)25-13-17-28(39-4)18-14-25/h5-20,24,31H,21H2,1-4H3,(H,34,38). The van der Waals surface area contributed by atoms with Crippen molar-refractivity contribution in [3.8, 4) is 5.75 Å². The smallest absolute Gasteiger partial charge is 0.326 e. The minimum atomic E-state index is -0.277. The quantitative estimate of drug-likeness (QED) is 0.296. The van der Waals surface area contributed by atoms with Crippen LogP contribution in [0, 0.1) is 13.8 Å². The Balaban J connectivity index is 1.58. The van der Waals surface area contributed by atoms with Crippen LogP contribution in [0.3, 0.4) is 0 Å². The molecule has 1 aliphatic rings. The van der Waals surface area contributed by atoms with Gasteiger partial charge in [-0.25, -0.2) is 4.79 Å². The van der Waals surface area contributed by atoms with Crippen LogP contribution in [0.2, 0.25) is 0 Å². The molecule has 3 amide bonds. The highest BCUT2D eigenvalue weighted by atomic mass is 16.5. The summed E-state index contributed by atoms with van der Waals surface area (Å²) in [6.07, 6.45) is 0.578. The van der Waals surface area contributed by atoms with Crippen molar-refractivity contribution in [1.29, 1.82) is 0 Å². The second-order valence-corrected chi connectivity index (χ2v) is 10.1. The Morgan fingerprint density at radius 2 is 1.54 bits per heavy atom. The third kappa shape index (κ3) is 5.36. The van der Waals surface area contributed by atoms with Gasteiger partial charge in [0.05, 0.1) is 13.2 Å². The number of carbonyl (C=O) groups is 2. The molecule has 0 bridgehead atoms. The van der Waals surface area contributed by atoms with Crippen molar-refractivity contribution in [2.45, 2.75) is 39.3 Å². The van der Waals surface area contributed by atoms with Gasteiger partial charge >= 0.3 is 6.03 Å². The second-order valence-electron chi connectivity index (χ2n) is 10.1. The molecule has 0 aromatic heterocycles. The largest absolute Gasteiger partial charge is 0.497 e. The Morgan fingerprint density at radius 1 is 0.872 bits per heavy atom. The number of ether oxygens (including phenoxy) is 1. The molecule has 2 unspecified atom stereocenters. The van der Waals surface area contributed by atoms with E-state index in [4.69, 9.17) is 4.74 Å².